The smallest absolute Gasteiger partial charge is 0.126 e. The molecule has 0 spiro atoms. The SMILES string of the molecule is CCC(C)c1ccc(C(NC)c2ccc(C)c(F)c2)cc1. The number of hydrogen-bond acceptors (Lipinski definition) is 1. The van der Waals surface area contributed by atoms with Crippen LogP contribution < -0.4 is 5.32 Å². The molecular weight excluding hydrogens is 261 g/mol. The zero-order chi connectivity index (χ0) is 15.4. The van der Waals surface area contributed by atoms with Crippen LogP contribution in [0.25, 0.3) is 0 Å². The molecule has 0 saturated carbocycles. The lowest BCUT2D eigenvalue weighted by molar-refractivity contribution is 0.608. The average Bonchev–Trinajstić information content (AvgIpc) is 2.51. The molecule has 21 heavy (non-hydrogen) atoms. The number of halogens is 1. The van der Waals surface area contributed by atoms with Crippen molar-refractivity contribution in [2.75, 3.05) is 7.05 Å². The molecule has 0 bridgehead atoms. The Morgan fingerprint density at radius 1 is 1.00 bits per heavy atom. The summed E-state index contributed by atoms with van der Waals surface area (Å²) in [6.45, 7) is 6.22. The van der Waals surface area contributed by atoms with E-state index in [1.54, 1.807) is 13.0 Å². The van der Waals surface area contributed by atoms with Gasteiger partial charge in [0.1, 0.15) is 5.82 Å². The zero-order valence-electron chi connectivity index (χ0n) is 13.3. The van der Waals surface area contributed by atoms with E-state index in [0.29, 0.717) is 11.5 Å². The van der Waals surface area contributed by atoms with Gasteiger partial charge in [-0.3, -0.25) is 0 Å². The third kappa shape index (κ3) is 3.51. The van der Waals surface area contributed by atoms with E-state index in [9.17, 15) is 4.39 Å². The Balaban J connectivity index is 2.30. The molecule has 0 heterocycles. The molecule has 2 unspecified atom stereocenters. The van der Waals surface area contributed by atoms with Crippen LogP contribution in [0.4, 0.5) is 4.39 Å². The standard InChI is InChI=1S/C19H24FN/c1-5-13(2)15-8-10-16(11-9-15)19(21-4)17-7-6-14(3)18(20)12-17/h6-13,19,21H,5H2,1-4H3. The summed E-state index contributed by atoms with van der Waals surface area (Å²) in [5.41, 5.74) is 4.15. The van der Waals surface area contributed by atoms with E-state index >= 15 is 0 Å². The Hall–Kier alpha value is -1.67. The number of benzene rings is 2. The Morgan fingerprint density at radius 3 is 2.10 bits per heavy atom. The fourth-order valence-electron chi connectivity index (χ4n) is 2.57. The van der Waals surface area contributed by atoms with Crippen LogP contribution in [0.15, 0.2) is 42.5 Å². The molecule has 0 amide bonds. The molecule has 2 rings (SSSR count). The van der Waals surface area contributed by atoms with Crippen molar-refractivity contribution in [1.82, 2.24) is 5.32 Å². The lowest BCUT2D eigenvalue weighted by Gasteiger charge is -2.19. The van der Waals surface area contributed by atoms with Gasteiger partial charge in [0.25, 0.3) is 0 Å². The molecule has 2 heteroatoms. The first-order valence-electron chi connectivity index (χ1n) is 7.60. The Bertz CT molecular complexity index is 589. The van der Waals surface area contributed by atoms with E-state index in [4.69, 9.17) is 0 Å². The number of hydrogen-bond donors (Lipinski definition) is 1. The van der Waals surface area contributed by atoms with Crippen molar-refractivity contribution in [1.29, 1.82) is 0 Å². The van der Waals surface area contributed by atoms with Gasteiger partial charge in [-0.2, -0.15) is 0 Å². The highest BCUT2D eigenvalue weighted by Gasteiger charge is 2.14. The van der Waals surface area contributed by atoms with Crippen LogP contribution in [-0.4, -0.2) is 7.05 Å². The molecule has 0 aliphatic carbocycles. The van der Waals surface area contributed by atoms with Crippen LogP contribution in [0.3, 0.4) is 0 Å². The molecule has 0 aliphatic heterocycles. The lowest BCUT2D eigenvalue weighted by atomic mass is 9.93. The van der Waals surface area contributed by atoms with Gasteiger partial charge in [-0.25, -0.2) is 4.39 Å². The summed E-state index contributed by atoms with van der Waals surface area (Å²) in [7, 11) is 1.91. The first-order chi connectivity index (χ1) is 10.1. The minimum Gasteiger partial charge on any atom is -0.309 e. The molecule has 1 N–H and O–H groups in total. The Morgan fingerprint density at radius 2 is 1.57 bits per heavy atom. The van der Waals surface area contributed by atoms with Crippen LogP contribution in [0.5, 0.6) is 0 Å². The number of aryl methyl sites for hydroxylation is 1. The second kappa shape index (κ2) is 6.86. The maximum Gasteiger partial charge on any atom is 0.126 e. The van der Waals surface area contributed by atoms with Gasteiger partial charge in [0.2, 0.25) is 0 Å². The van der Waals surface area contributed by atoms with E-state index in [2.05, 4.69) is 43.4 Å². The topological polar surface area (TPSA) is 12.0 Å². The Kier molecular flexibility index (Phi) is 5.13. The molecule has 0 aromatic heterocycles. The van der Waals surface area contributed by atoms with E-state index in [1.165, 1.54) is 5.56 Å². The highest BCUT2D eigenvalue weighted by Crippen LogP contribution is 2.26. The van der Waals surface area contributed by atoms with E-state index in [0.717, 1.165) is 17.5 Å². The summed E-state index contributed by atoms with van der Waals surface area (Å²) in [5.74, 6) is 0.424. The van der Waals surface area contributed by atoms with Gasteiger partial charge in [-0.05, 0) is 54.6 Å². The first kappa shape index (κ1) is 15.7. The van der Waals surface area contributed by atoms with Gasteiger partial charge in [0.15, 0.2) is 0 Å². The van der Waals surface area contributed by atoms with Crippen molar-refractivity contribution in [3.8, 4) is 0 Å². The minimum atomic E-state index is -0.149. The van der Waals surface area contributed by atoms with Gasteiger partial charge in [0, 0.05) is 0 Å². The fourth-order valence-corrected chi connectivity index (χ4v) is 2.57. The molecule has 0 fully saturated rings. The maximum absolute atomic E-state index is 13.8. The third-order valence-corrected chi connectivity index (χ3v) is 4.27. The highest BCUT2D eigenvalue weighted by atomic mass is 19.1. The normalized spacial score (nSPS) is 14.0. The summed E-state index contributed by atoms with van der Waals surface area (Å²) in [6.07, 6.45) is 1.14. The van der Waals surface area contributed by atoms with Crippen molar-refractivity contribution in [2.45, 2.75) is 39.2 Å². The monoisotopic (exact) mass is 285 g/mol. The van der Waals surface area contributed by atoms with Gasteiger partial charge in [-0.1, -0.05) is 50.2 Å². The second-order valence-corrected chi connectivity index (χ2v) is 5.71. The van der Waals surface area contributed by atoms with Gasteiger partial charge < -0.3 is 5.32 Å². The van der Waals surface area contributed by atoms with Crippen LogP contribution in [-0.2, 0) is 0 Å². The summed E-state index contributed by atoms with van der Waals surface area (Å²) < 4.78 is 13.8. The van der Waals surface area contributed by atoms with Crippen molar-refractivity contribution < 1.29 is 4.39 Å². The third-order valence-electron chi connectivity index (χ3n) is 4.27. The predicted molar refractivity (Wildman–Crippen MR) is 87.2 cm³/mol. The summed E-state index contributed by atoms with van der Waals surface area (Å²) in [5, 5.41) is 3.28. The van der Waals surface area contributed by atoms with Gasteiger partial charge in [-0.15, -0.1) is 0 Å². The predicted octanol–water partition coefficient (Wildman–Crippen LogP) is 4.96. The molecule has 112 valence electrons. The molecule has 2 atom stereocenters. The fraction of sp³-hybridized carbons (Fsp3) is 0.368. The lowest BCUT2D eigenvalue weighted by Crippen LogP contribution is -2.18. The Labute approximate surface area is 127 Å². The van der Waals surface area contributed by atoms with Crippen LogP contribution >= 0.6 is 0 Å². The second-order valence-electron chi connectivity index (χ2n) is 5.71. The van der Waals surface area contributed by atoms with Crippen LogP contribution in [0.2, 0.25) is 0 Å². The van der Waals surface area contributed by atoms with E-state index in [1.807, 2.05) is 19.2 Å². The van der Waals surface area contributed by atoms with Crippen LogP contribution in [0, 0.1) is 12.7 Å². The number of nitrogens with one attached hydrogen (secondary N) is 1. The molecule has 0 radical (unpaired) electrons. The molecule has 2 aromatic carbocycles. The van der Waals surface area contributed by atoms with Crippen LogP contribution in [0.1, 0.15) is 54.5 Å². The molecule has 1 nitrogen and oxygen atoms in total. The van der Waals surface area contributed by atoms with Crippen molar-refractivity contribution in [3.63, 3.8) is 0 Å². The summed E-state index contributed by atoms with van der Waals surface area (Å²) >= 11 is 0. The number of rotatable bonds is 5. The van der Waals surface area contributed by atoms with Crippen molar-refractivity contribution in [2.24, 2.45) is 0 Å². The quantitative estimate of drug-likeness (QED) is 0.819. The van der Waals surface area contributed by atoms with Crippen molar-refractivity contribution in [3.05, 3.63) is 70.5 Å². The minimum absolute atomic E-state index is 0.0195. The van der Waals surface area contributed by atoms with E-state index in [-0.39, 0.29) is 11.9 Å². The molecule has 0 aliphatic rings. The average molecular weight is 285 g/mol. The maximum atomic E-state index is 13.8. The van der Waals surface area contributed by atoms with E-state index < -0.39 is 0 Å². The molecule has 0 saturated heterocycles. The molecule has 2 aromatic rings. The zero-order valence-corrected chi connectivity index (χ0v) is 13.3. The van der Waals surface area contributed by atoms with Gasteiger partial charge in [0.05, 0.1) is 6.04 Å². The largest absolute Gasteiger partial charge is 0.309 e. The summed E-state index contributed by atoms with van der Waals surface area (Å²) in [4.78, 5) is 0. The molecular formula is C19H24FN. The van der Waals surface area contributed by atoms with Crippen molar-refractivity contribution >= 4 is 0 Å². The highest BCUT2D eigenvalue weighted by molar-refractivity contribution is 5.36. The van der Waals surface area contributed by atoms with Gasteiger partial charge >= 0.3 is 0 Å². The summed E-state index contributed by atoms with van der Waals surface area (Å²) in [6, 6.07) is 14.1. The first-order valence-corrected chi connectivity index (χ1v) is 7.60.